The fourth-order valence-electron chi connectivity index (χ4n) is 3.64. The highest BCUT2D eigenvalue weighted by Crippen LogP contribution is 2.45. The van der Waals surface area contributed by atoms with Gasteiger partial charge in [-0.1, -0.05) is 0 Å². The fourth-order valence-corrected chi connectivity index (χ4v) is 4.42. The summed E-state index contributed by atoms with van der Waals surface area (Å²) in [6.45, 7) is 0.393. The molecule has 0 aliphatic carbocycles. The van der Waals surface area contributed by atoms with E-state index < -0.39 is 7.82 Å². The molecule has 0 radical (unpaired) electrons. The standard InChI is InChI=1S/C16H27N6O6P/c1-18-13-4-2-10(27-13)7-25-29(23,24)26-8-11-3-5-14(28-11)22-9-20-12-6-19-16(17)21-15(12)22/h9-11,13-14,18H,2-8H2,1H3,(H,23,24)(H3,17,19,21)/t10-,11-,13+,14+/m0/s1. The number of phosphoric acid groups is 1. The number of anilines is 1. The molecule has 0 aromatic carbocycles. The second-order valence-corrected chi connectivity index (χ2v) is 8.69. The Bertz CT molecular complexity index is 803. The maximum Gasteiger partial charge on any atom is 0.472 e. The Kier molecular flexibility index (Phi) is 6.21. The lowest BCUT2D eigenvalue weighted by molar-refractivity contribution is -0.0289. The summed E-state index contributed by atoms with van der Waals surface area (Å²) in [6, 6.07) is 0. The third-order valence-corrected chi connectivity index (χ3v) is 6.14. The van der Waals surface area contributed by atoms with Gasteiger partial charge in [0.1, 0.15) is 24.0 Å². The number of guanidine groups is 1. The molecule has 5 atom stereocenters. The zero-order valence-electron chi connectivity index (χ0n) is 16.2. The van der Waals surface area contributed by atoms with Crippen molar-refractivity contribution in [2.45, 2.75) is 56.9 Å². The molecule has 13 heteroatoms. The van der Waals surface area contributed by atoms with Crippen molar-refractivity contribution in [1.29, 1.82) is 0 Å². The van der Waals surface area contributed by atoms with Crippen LogP contribution in [-0.2, 0) is 29.6 Å². The van der Waals surface area contributed by atoms with Crippen molar-refractivity contribution < 1.29 is 28.0 Å². The molecule has 3 aliphatic rings. The van der Waals surface area contributed by atoms with Crippen molar-refractivity contribution in [3.8, 4) is 0 Å². The summed E-state index contributed by atoms with van der Waals surface area (Å²) in [6.07, 6.45) is 3.82. The minimum atomic E-state index is -4.18. The van der Waals surface area contributed by atoms with E-state index >= 15 is 0 Å². The van der Waals surface area contributed by atoms with Crippen LogP contribution < -0.4 is 16.4 Å². The molecule has 0 amide bonds. The summed E-state index contributed by atoms with van der Waals surface area (Å²) in [7, 11) is -2.37. The summed E-state index contributed by atoms with van der Waals surface area (Å²) in [4.78, 5) is 18.4. The molecule has 3 aliphatic heterocycles. The largest absolute Gasteiger partial charge is 0.472 e. The van der Waals surface area contributed by atoms with Crippen LogP contribution in [0.4, 0.5) is 5.82 Å². The van der Waals surface area contributed by atoms with E-state index in [9.17, 15) is 9.46 Å². The second-order valence-electron chi connectivity index (χ2n) is 7.24. The van der Waals surface area contributed by atoms with Gasteiger partial charge < -0.3 is 25.4 Å². The third-order valence-electron chi connectivity index (χ3n) is 5.19. The van der Waals surface area contributed by atoms with Crippen molar-refractivity contribution in [2.24, 2.45) is 10.7 Å². The lowest BCUT2D eigenvalue weighted by Gasteiger charge is -2.20. The first-order valence-electron chi connectivity index (χ1n) is 9.66. The molecular formula is C16H27N6O6P. The van der Waals surface area contributed by atoms with Crippen LogP contribution in [0.3, 0.4) is 0 Å². The number of nitrogens with one attached hydrogen (secondary N) is 2. The van der Waals surface area contributed by atoms with Crippen LogP contribution in [0.2, 0.25) is 0 Å². The fraction of sp³-hybridized carbons (Fsp3) is 0.750. The van der Waals surface area contributed by atoms with Gasteiger partial charge in [0, 0.05) is 0 Å². The van der Waals surface area contributed by atoms with E-state index in [0.717, 1.165) is 24.4 Å². The van der Waals surface area contributed by atoms with E-state index in [2.05, 4.69) is 20.6 Å². The number of fused-ring (bicyclic) bond motifs is 1. The van der Waals surface area contributed by atoms with Crippen molar-refractivity contribution in [1.82, 2.24) is 14.9 Å². The number of nitrogens with zero attached hydrogens (tertiary/aromatic N) is 3. The maximum atomic E-state index is 12.1. The van der Waals surface area contributed by atoms with Crippen LogP contribution in [0.5, 0.6) is 0 Å². The summed E-state index contributed by atoms with van der Waals surface area (Å²) >= 11 is 0. The molecule has 1 unspecified atom stereocenters. The van der Waals surface area contributed by atoms with Gasteiger partial charge in [-0.25, -0.2) is 14.5 Å². The average molecular weight is 430 g/mol. The highest BCUT2D eigenvalue weighted by Gasteiger charge is 2.33. The third kappa shape index (κ3) is 4.97. The molecule has 4 rings (SSSR count). The molecule has 0 bridgehead atoms. The Morgan fingerprint density at radius 3 is 2.76 bits per heavy atom. The molecule has 162 valence electrons. The van der Waals surface area contributed by atoms with Crippen LogP contribution in [0, 0.1) is 0 Å². The Morgan fingerprint density at radius 1 is 1.31 bits per heavy atom. The van der Waals surface area contributed by atoms with Gasteiger partial charge in [-0.05, 0) is 32.7 Å². The van der Waals surface area contributed by atoms with Crippen LogP contribution in [-0.4, -0.2) is 59.1 Å². The first-order valence-corrected chi connectivity index (χ1v) is 11.2. The highest BCUT2D eigenvalue weighted by atomic mass is 31.2. The maximum absolute atomic E-state index is 12.1. The van der Waals surface area contributed by atoms with Crippen molar-refractivity contribution in [3.05, 3.63) is 12.0 Å². The summed E-state index contributed by atoms with van der Waals surface area (Å²) in [5, 5.41) is 6.01. The zero-order valence-corrected chi connectivity index (χ0v) is 17.1. The average Bonchev–Trinajstić information content (AvgIpc) is 3.43. The Hall–Kier alpha value is -1.53. The van der Waals surface area contributed by atoms with E-state index in [1.807, 2.05) is 4.57 Å². The second kappa shape index (κ2) is 8.68. The zero-order chi connectivity index (χ0) is 20.4. The number of aromatic nitrogens is 2. The summed E-state index contributed by atoms with van der Waals surface area (Å²) < 4.78 is 35.8. The molecule has 5 N–H and O–H groups in total. The van der Waals surface area contributed by atoms with Gasteiger partial charge in [0.15, 0.2) is 5.96 Å². The van der Waals surface area contributed by atoms with Gasteiger partial charge in [-0.2, -0.15) is 0 Å². The van der Waals surface area contributed by atoms with Crippen LogP contribution in [0.25, 0.3) is 0 Å². The normalized spacial score (nSPS) is 31.2. The Balaban J connectivity index is 1.23. The lowest BCUT2D eigenvalue weighted by Crippen LogP contribution is -2.28. The van der Waals surface area contributed by atoms with Gasteiger partial charge in [0.2, 0.25) is 0 Å². The van der Waals surface area contributed by atoms with E-state index in [-0.39, 0.29) is 37.9 Å². The monoisotopic (exact) mass is 430 g/mol. The summed E-state index contributed by atoms with van der Waals surface area (Å²) in [5.74, 6) is 1.10. The number of imidazole rings is 1. The number of aliphatic imine (C=N–C) groups is 1. The lowest BCUT2D eigenvalue weighted by atomic mass is 10.2. The topological polar surface area (TPSA) is 154 Å². The van der Waals surface area contributed by atoms with Crippen LogP contribution >= 0.6 is 7.82 Å². The predicted octanol–water partition coefficient (Wildman–Crippen LogP) is 0.659. The van der Waals surface area contributed by atoms with Gasteiger partial charge >= 0.3 is 7.82 Å². The smallest absolute Gasteiger partial charge is 0.370 e. The minimum absolute atomic E-state index is 0.00985. The van der Waals surface area contributed by atoms with Crippen LogP contribution in [0.1, 0.15) is 37.6 Å². The quantitative estimate of drug-likeness (QED) is 0.432. The molecule has 4 heterocycles. The predicted molar refractivity (Wildman–Crippen MR) is 103 cm³/mol. The number of ether oxygens (including phenoxy) is 2. The van der Waals surface area contributed by atoms with Gasteiger partial charge in [-0.15, -0.1) is 0 Å². The molecule has 12 nitrogen and oxygen atoms in total. The molecule has 29 heavy (non-hydrogen) atoms. The Morgan fingerprint density at radius 2 is 2.03 bits per heavy atom. The molecule has 0 spiro atoms. The van der Waals surface area contributed by atoms with Crippen molar-refractivity contribution >= 4 is 19.6 Å². The molecule has 2 saturated heterocycles. The molecule has 0 saturated carbocycles. The van der Waals surface area contributed by atoms with E-state index in [0.29, 0.717) is 25.3 Å². The van der Waals surface area contributed by atoms with E-state index in [4.69, 9.17) is 24.3 Å². The Labute approximate surface area is 168 Å². The molecule has 1 aromatic rings. The SMILES string of the molecule is CN[C@H]1CC[C@@H](COP(=O)(O)OC[C@@H]2CC[C@H](n3cnc4c3NC(N)=NC4)O2)O1. The van der Waals surface area contributed by atoms with E-state index in [1.165, 1.54) is 0 Å². The number of nitrogens with two attached hydrogens (primary N) is 1. The first kappa shape index (κ1) is 20.7. The summed E-state index contributed by atoms with van der Waals surface area (Å²) in [5.41, 5.74) is 6.54. The number of hydrogen-bond acceptors (Lipinski definition) is 10. The number of rotatable bonds is 8. The number of phosphoric ester groups is 1. The van der Waals surface area contributed by atoms with E-state index in [1.54, 1.807) is 13.4 Å². The number of hydrogen-bond donors (Lipinski definition) is 4. The molecule has 1 aromatic heterocycles. The molecule has 2 fully saturated rings. The van der Waals surface area contributed by atoms with Crippen molar-refractivity contribution in [2.75, 3.05) is 25.6 Å². The van der Waals surface area contributed by atoms with Gasteiger partial charge in [0.25, 0.3) is 0 Å². The van der Waals surface area contributed by atoms with Gasteiger partial charge in [0.05, 0.1) is 38.3 Å². The van der Waals surface area contributed by atoms with Crippen molar-refractivity contribution in [3.63, 3.8) is 0 Å². The van der Waals surface area contributed by atoms with Crippen LogP contribution in [0.15, 0.2) is 11.3 Å². The minimum Gasteiger partial charge on any atom is -0.370 e. The first-order chi connectivity index (χ1) is 13.9. The highest BCUT2D eigenvalue weighted by molar-refractivity contribution is 7.47. The molecular weight excluding hydrogens is 403 g/mol. The van der Waals surface area contributed by atoms with Gasteiger partial charge in [-0.3, -0.25) is 18.9 Å².